The van der Waals surface area contributed by atoms with E-state index in [4.69, 9.17) is 16.3 Å². The number of amides is 1. The number of nitrogens with one attached hydrogen (secondary N) is 1. The van der Waals surface area contributed by atoms with Crippen LogP contribution in [0.4, 0.5) is 10.1 Å². The molecule has 0 saturated heterocycles. The summed E-state index contributed by atoms with van der Waals surface area (Å²) in [7, 11) is 1.60. The zero-order valence-corrected chi connectivity index (χ0v) is 16.9. The highest BCUT2D eigenvalue weighted by Gasteiger charge is 2.25. The lowest BCUT2D eigenvalue weighted by molar-refractivity contribution is -0.116. The zero-order chi connectivity index (χ0) is 21.1. The molecule has 1 atom stereocenters. The van der Waals surface area contributed by atoms with Crippen LogP contribution in [0.3, 0.4) is 0 Å². The van der Waals surface area contributed by atoms with Gasteiger partial charge in [-0.25, -0.2) is 9.37 Å². The van der Waals surface area contributed by atoms with Crippen LogP contribution >= 0.6 is 11.6 Å². The van der Waals surface area contributed by atoms with Crippen molar-refractivity contribution in [3.63, 3.8) is 0 Å². The number of fused-ring (bicyclic) bond motifs is 1. The molecule has 7 heteroatoms. The summed E-state index contributed by atoms with van der Waals surface area (Å²) in [5, 5.41) is 3.39. The standard InChI is InChI=1S/C23H19ClFN3O2/c1-30-21-5-3-2-4-18(21)19(12-23(29)27-17-9-7-16(25)8-10-17)20-13-26-22-11-6-15(24)14-28(20)22/h2-11,13-14,19H,12H2,1H3,(H,27,29). The third kappa shape index (κ3) is 4.14. The molecule has 4 aromatic rings. The number of imidazole rings is 1. The van der Waals surface area contributed by atoms with Crippen molar-refractivity contribution in [1.82, 2.24) is 9.38 Å². The second-order valence-corrected chi connectivity index (χ2v) is 7.25. The van der Waals surface area contributed by atoms with Crippen LogP contribution in [0.15, 0.2) is 73.1 Å². The maximum atomic E-state index is 13.2. The van der Waals surface area contributed by atoms with E-state index in [9.17, 15) is 9.18 Å². The lowest BCUT2D eigenvalue weighted by atomic mass is 9.91. The third-order valence-corrected chi connectivity index (χ3v) is 5.11. The number of carbonyl (C=O) groups excluding carboxylic acids is 1. The Hall–Kier alpha value is -3.38. The van der Waals surface area contributed by atoms with E-state index in [1.165, 1.54) is 24.3 Å². The molecular formula is C23H19ClFN3O2. The topological polar surface area (TPSA) is 55.6 Å². The summed E-state index contributed by atoms with van der Waals surface area (Å²) >= 11 is 6.20. The molecule has 0 fully saturated rings. The van der Waals surface area contributed by atoms with E-state index >= 15 is 0 Å². The second kappa shape index (κ2) is 8.55. The van der Waals surface area contributed by atoms with Gasteiger partial charge in [-0.05, 0) is 42.5 Å². The van der Waals surface area contributed by atoms with Gasteiger partial charge in [0.2, 0.25) is 5.91 Å². The van der Waals surface area contributed by atoms with E-state index in [1.807, 2.05) is 34.7 Å². The molecule has 0 aliphatic carbocycles. The highest BCUT2D eigenvalue weighted by Crippen LogP contribution is 2.35. The third-order valence-electron chi connectivity index (χ3n) is 4.89. The average molecular weight is 424 g/mol. The first-order chi connectivity index (χ1) is 14.5. The first-order valence-electron chi connectivity index (χ1n) is 9.36. The molecule has 0 radical (unpaired) electrons. The van der Waals surface area contributed by atoms with Crippen LogP contribution in [0.5, 0.6) is 5.75 Å². The van der Waals surface area contributed by atoms with E-state index in [0.717, 1.165) is 16.9 Å². The Balaban J connectivity index is 1.72. The number of benzene rings is 2. The van der Waals surface area contributed by atoms with E-state index < -0.39 is 0 Å². The largest absolute Gasteiger partial charge is 0.496 e. The highest BCUT2D eigenvalue weighted by atomic mass is 35.5. The smallest absolute Gasteiger partial charge is 0.225 e. The number of pyridine rings is 1. The molecule has 2 aromatic carbocycles. The van der Waals surface area contributed by atoms with Crippen molar-refractivity contribution in [2.75, 3.05) is 12.4 Å². The van der Waals surface area contributed by atoms with E-state index in [1.54, 1.807) is 25.6 Å². The highest BCUT2D eigenvalue weighted by molar-refractivity contribution is 6.30. The monoisotopic (exact) mass is 423 g/mol. The van der Waals surface area contributed by atoms with Crippen LogP contribution < -0.4 is 10.1 Å². The summed E-state index contributed by atoms with van der Waals surface area (Å²) in [5.74, 6) is -0.235. The molecule has 4 rings (SSSR count). The molecule has 30 heavy (non-hydrogen) atoms. The molecule has 1 unspecified atom stereocenters. The predicted octanol–water partition coefficient (Wildman–Crippen LogP) is 5.30. The van der Waals surface area contributed by atoms with Crippen molar-refractivity contribution in [1.29, 1.82) is 0 Å². The summed E-state index contributed by atoms with van der Waals surface area (Å²) in [5.41, 5.74) is 2.93. The number of methoxy groups -OCH3 is 1. The van der Waals surface area contributed by atoms with E-state index in [2.05, 4.69) is 10.3 Å². The minimum Gasteiger partial charge on any atom is -0.496 e. The molecule has 1 amide bonds. The number of ether oxygens (including phenoxy) is 1. The Bertz CT molecular complexity index is 1190. The first kappa shape index (κ1) is 19.9. The summed E-state index contributed by atoms with van der Waals surface area (Å²) in [4.78, 5) is 17.3. The predicted molar refractivity (Wildman–Crippen MR) is 115 cm³/mol. The molecule has 152 valence electrons. The van der Waals surface area contributed by atoms with Crippen LogP contribution in [0, 0.1) is 5.82 Å². The summed E-state index contributed by atoms with van der Waals surface area (Å²) < 4.78 is 20.6. The SMILES string of the molecule is COc1ccccc1C(CC(=O)Nc1ccc(F)cc1)c1cnc2ccc(Cl)cn12. The van der Waals surface area contributed by atoms with Gasteiger partial charge in [0.25, 0.3) is 0 Å². The number of nitrogens with zero attached hydrogens (tertiary/aromatic N) is 2. The number of hydrogen-bond acceptors (Lipinski definition) is 3. The number of halogens is 2. The van der Waals surface area contributed by atoms with Crippen LogP contribution in [0.1, 0.15) is 23.6 Å². The molecular weight excluding hydrogens is 405 g/mol. The van der Waals surface area contributed by atoms with Crippen LogP contribution in [-0.2, 0) is 4.79 Å². The maximum Gasteiger partial charge on any atom is 0.225 e. The molecule has 0 aliphatic heterocycles. The van der Waals surface area contributed by atoms with Crippen molar-refractivity contribution in [2.45, 2.75) is 12.3 Å². The van der Waals surface area contributed by atoms with Gasteiger partial charge >= 0.3 is 0 Å². The van der Waals surface area contributed by atoms with Gasteiger partial charge in [0.1, 0.15) is 17.2 Å². The molecule has 2 heterocycles. The Morgan fingerprint density at radius 2 is 1.93 bits per heavy atom. The van der Waals surface area contributed by atoms with Gasteiger partial charge in [-0.15, -0.1) is 0 Å². The Morgan fingerprint density at radius 1 is 1.17 bits per heavy atom. The first-order valence-corrected chi connectivity index (χ1v) is 9.74. The van der Waals surface area contributed by atoms with Crippen molar-refractivity contribution in [2.24, 2.45) is 0 Å². The fourth-order valence-electron chi connectivity index (χ4n) is 3.49. The molecule has 2 aromatic heterocycles. The average Bonchev–Trinajstić information content (AvgIpc) is 3.16. The quantitative estimate of drug-likeness (QED) is 0.458. The van der Waals surface area contributed by atoms with Gasteiger partial charge in [0.15, 0.2) is 0 Å². The maximum absolute atomic E-state index is 13.2. The summed E-state index contributed by atoms with van der Waals surface area (Å²) in [6.45, 7) is 0. The summed E-state index contributed by atoms with van der Waals surface area (Å²) in [6, 6.07) is 16.8. The normalized spacial score (nSPS) is 12.0. The van der Waals surface area contributed by atoms with Gasteiger partial charge in [-0.3, -0.25) is 4.79 Å². The van der Waals surface area contributed by atoms with E-state index in [0.29, 0.717) is 16.5 Å². The van der Waals surface area contributed by atoms with Gasteiger partial charge in [0, 0.05) is 36.0 Å². The lowest BCUT2D eigenvalue weighted by Gasteiger charge is -2.20. The van der Waals surface area contributed by atoms with Gasteiger partial charge in [-0.2, -0.15) is 0 Å². The van der Waals surface area contributed by atoms with Crippen molar-refractivity contribution in [3.05, 3.63) is 95.2 Å². The van der Waals surface area contributed by atoms with Gasteiger partial charge < -0.3 is 14.5 Å². The van der Waals surface area contributed by atoms with Crippen molar-refractivity contribution < 1.29 is 13.9 Å². The zero-order valence-electron chi connectivity index (χ0n) is 16.2. The fourth-order valence-corrected chi connectivity index (χ4v) is 3.65. The van der Waals surface area contributed by atoms with Crippen LogP contribution in [-0.4, -0.2) is 22.4 Å². The van der Waals surface area contributed by atoms with Gasteiger partial charge in [-0.1, -0.05) is 29.8 Å². The van der Waals surface area contributed by atoms with Gasteiger partial charge in [0.05, 0.1) is 17.8 Å². The lowest BCUT2D eigenvalue weighted by Crippen LogP contribution is -2.18. The number of rotatable bonds is 6. The number of anilines is 1. The minimum absolute atomic E-state index is 0.137. The Kier molecular flexibility index (Phi) is 5.68. The molecule has 0 bridgehead atoms. The Labute approximate surface area is 178 Å². The second-order valence-electron chi connectivity index (χ2n) is 6.81. The fraction of sp³-hybridized carbons (Fsp3) is 0.130. The summed E-state index contributed by atoms with van der Waals surface area (Å²) in [6.07, 6.45) is 3.66. The number of carbonyl (C=O) groups is 1. The van der Waals surface area contributed by atoms with E-state index in [-0.39, 0.29) is 24.1 Å². The molecule has 0 saturated carbocycles. The van der Waals surface area contributed by atoms with Crippen molar-refractivity contribution in [3.8, 4) is 5.75 Å². The number of para-hydroxylation sites is 1. The van der Waals surface area contributed by atoms with Crippen molar-refractivity contribution >= 4 is 28.8 Å². The number of aromatic nitrogens is 2. The van der Waals surface area contributed by atoms with Crippen LogP contribution in [0.2, 0.25) is 5.02 Å². The molecule has 0 aliphatic rings. The molecule has 1 N–H and O–H groups in total. The Morgan fingerprint density at radius 3 is 2.70 bits per heavy atom. The molecule has 5 nitrogen and oxygen atoms in total. The minimum atomic E-state index is -0.359. The molecule has 0 spiro atoms. The number of hydrogen-bond donors (Lipinski definition) is 1. The van der Waals surface area contributed by atoms with Crippen LogP contribution in [0.25, 0.3) is 5.65 Å².